The second-order valence-electron chi connectivity index (χ2n) is 7.96. The predicted octanol–water partition coefficient (Wildman–Crippen LogP) is 4.63. The molecule has 0 saturated carbocycles. The van der Waals surface area contributed by atoms with E-state index >= 15 is 0 Å². The van der Waals surface area contributed by atoms with Crippen molar-refractivity contribution < 1.29 is 22.7 Å². The monoisotopic (exact) mass is 504 g/mol. The van der Waals surface area contributed by atoms with Crippen molar-refractivity contribution in [2.75, 3.05) is 30.6 Å². The number of rotatable bonds is 11. The molecule has 4 rings (SSSR count). The Balaban J connectivity index is 1.42. The van der Waals surface area contributed by atoms with Gasteiger partial charge in [0.2, 0.25) is 5.91 Å². The summed E-state index contributed by atoms with van der Waals surface area (Å²) < 4.78 is 39.1. The Morgan fingerprint density at radius 1 is 0.806 bits per heavy atom. The maximum atomic E-state index is 13.4. The van der Waals surface area contributed by atoms with Gasteiger partial charge < -0.3 is 14.8 Å². The third-order valence-electron chi connectivity index (χ3n) is 5.47. The number of amides is 1. The van der Waals surface area contributed by atoms with Crippen LogP contribution in [0.5, 0.6) is 11.5 Å². The van der Waals surface area contributed by atoms with Crippen LogP contribution in [0.4, 0.5) is 5.69 Å². The fourth-order valence-electron chi connectivity index (χ4n) is 3.71. The molecule has 186 valence electrons. The molecule has 0 unspecified atom stereocenters. The lowest BCUT2D eigenvalue weighted by molar-refractivity contribution is -0.119. The van der Waals surface area contributed by atoms with Crippen molar-refractivity contribution in [3.05, 3.63) is 97.1 Å². The normalized spacial score (nSPS) is 11.1. The molecule has 0 radical (unpaired) electrons. The maximum Gasteiger partial charge on any atom is 0.264 e. The fourth-order valence-corrected chi connectivity index (χ4v) is 5.15. The largest absolute Gasteiger partial charge is 0.494 e. The van der Waals surface area contributed by atoms with Crippen LogP contribution < -0.4 is 19.1 Å². The molecule has 0 heterocycles. The Morgan fingerprint density at radius 3 is 2.19 bits per heavy atom. The van der Waals surface area contributed by atoms with E-state index in [2.05, 4.69) is 5.32 Å². The minimum atomic E-state index is -3.97. The standard InChI is InChI=1S/C28H28N2O5S/c1-2-34-25-16-13-24(14-17-25)30(36(32,33)27-10-4-3-5-11-27)21-28(31)29-18-19-35-26-15-12-22-8-6-7-9-23(22)20-26/h3-17,20H,2,18-19,21H2,1H3,(H,29,31). The van der Waals surface area contributed by atoms with Gasteiger partial charge in [-0.15, -0.1) is 0 Å². The van der Waals surface area contributed by atoms with Crippen molar-refractivity contribution in [3.8, 4) is 11.5 Å². The molecule has 0 fully saturated rings. The fraction of sp³-hybridized carbons (Fsp3) is 0.179. The van der Waals surface area contributed by atoms with Crippen molar-refractivity contribution in [3.63, 3.8) is 0 Å². The molecule has 0 saturated heterocycles. The minimum absolute atomic E-state index is 0.103. The van der Waals surface area contributed by atoms with Crippen molar-refractivity contribution >= 4 is 32.4 Å². The van der Waals surface area contributed by atoms with Gasteiger partial charge in [0, 0.05) is 0 Å². The van der Waals surface area contributed by atoms with E-state index in [9.17, 15) is 13.2 Å². The summed E-state index contributed by atoms with van der Waals surface area (Å²) in [5, 5.41) is 4.93. The van der Waals surface area contributed by atoms with Gasteiger partial charge in [0.15, 0.2) is 0 Å². The smallest absolute Gasteiger partial charge is 0.264 e. The van der Waals surface area contributed by atoms with Crippen molar-refractivity contribution in [1.82, 2.24) is 5.32 Å². The van der Waals surface area contributed by atoms with Gasteiger partial charge in [-0.3, -0.25) is 9.10 Å². The highest BCUT2D eigenvalue weighted by Crippen LogP contribution is 2.26. The molecule has 0 aliphatic heterocycles. The Morgan fingerprint density at radius 2 is 1.47 bits per heavy atom. The van der Waals surface area contributed by atoms with Crippen molar-refractivity contribution in [1.29, 1.82) is 0 Å². The van der Waals surface area contributed by atoms with Gasteiger partial charge in [0.05, 0.1) is 23.7 Å². The first-order valence-corrected chi connectivity index (χ1v) is 13.1. The predicted molar refractivity (Wildman–Crippen MR) is 141 cm³/mol. The zero-order valence-electron chi connectivity index (χ0n) is 20.0. The number of anilines is 1. The Bertz CT molecular complexity index is 1410. The van der Waals surface area contributed by atoms with Gasteiger partial charge in [-0.2, -0.15) is 0 Å². The summed E-state index contributed by atoms with van der Waals surface area (Å²) in [7, 11) is -3.97. The Hall–Kier alpha value is -4.04. The number of ether oxygens (including phenoxy) is 2. The van der Waals surface area contributed by atoms with E-state index < -0.39 is 15.9 Å². The van der Waals surface area contributed by atoms with Crippen LogP contribution in [0.3, 0.4) is 0 Å². The minimum Gasteiger partial charge on any atom is -0.494 e. The lowest BCUT2D eigenvalue weighted by Gasteiger charge is -2.24. The van der Waals surface area contributed by atoms with Crippen LogP contribution in [-0.4, -0.2) is 40.6 Å². The van der Waals surface area contributed by atoms with E-state index in [1.165, 1.54) is 12.1 Å². The van der Waals surface area contributed by atoms with E-state index in [-0.39, 0.29) is 24.6 Å². The second-order valence-corrected chi connectivity index (χ2v) is 9.82. The third kappa shape index (κ3) is 6.14. The van der Waals surface area contributed by atoms with Gasteiger partial charge in [-0.05, 0) is 66.2 Å². The molecule has 0 aliphatic rings. The first kappa shape index (κ1) is 25.1. The molecular weight excluding hydrogens is 476 g/mol. The van der Waals surface area contributed by atoms with Crippen LogP contribution in [-0.2, 0) is 14.8 Å². The highest BCUT2D eigenvalue weighted by Gasteiger charge is 2.27. The van der Waals surface area contributed by atoms with E-state index in [0.717, 1.165) is 15.1 Å². The molecule has 0 spiro atoms. The summed E-state index contributed by atoms with van der Waals surface area (Å²) in [6.07, 6.45) is 0. The van der Waals surface area contributed by atoms with Crippen molar-refractivity contribution in [2.45, 2.75) is 11.8 Å². The Kier molecular flexibility index (Phi) is 8.07. The number of benzene rings is 4. The van der Waals surface area contributed by atoms with E-state index in [4.69, 9.17) is 9.47 Å². The summed E-state index contributed by atoms with van der Waals surface area (Å²) in [5.41, 5.74) is 0.366. The van der Waals surface area contributed by atoms with Crippen LogP contribution in [0.2, 0.25) is 0 Å². The van der Waals surface area contributed by atoms with E-state index in [1.54, 1.807) is 42.5 Å². The molecule has 1 N–H and O–H groups in total. The zero-order valence-corrected chi connectivity index (χ0v) is 20.8. The molecule has 8 heteroatoms. The SMILES string of the molecule is CCOc1ccc(N(CC(=O)NCCOc2ccc3ccccc3c2)S(=O)(=O)c2ccccc2)cc1. The first-order chi connectivity index (χ1) is 17.5. The van der Waals surface area contributed by atoms with Crippen LogP contribution in [0, 0.1) is 0 Å². The first-order valence-electron chi connectivity index (χ1n) is 11.7. The second kappa shape index (κ2) is 11.6. The summed E-state index contributed by atoms with van der Waals surface area (Å²) in [6, 6.07) is 28.4. The average Bonchev–Trinajstić information content (AvgIpc) is 2.91. The Labute approximate surface area is 211 Å². The van der Waals surface area contributed by atoms with E-state index in [1.807, 2.05) is 49.4 Å². The number of hydrogen-bond donors (Lipinski definition) is 1. The number of nitrogens with zero attached hydrogens (tertiary/aromatic N) is 1. The van der Waals surface area contributed by atoms with Gasteiger partial charge in [-0.1, -0.05) is 48.5 Å². The summed E-state index contributed by atoms with van der Waals surface area (Å²) in [4.78, 5) is 12.9. The number of sulfonamides is 1. The summed E-state index contributed by atoms with van der Waals surface area (Å²) >= 11 is 0. The number of hydrogen-bond acceptors (Lipinski definition) is 5. The maximum absolute atomic E-state index is 13.4. The van der Waals surface area contributed by atoms with Gasteiger partial charge in [0.1, 0.15) is 24.7 Å². The summed E-state index contributed by atoms with van der Waals surface area (Å²) in [6.45, 7) is 2.47. The number of nitrogens with one attached hydrogen (secondary N) is 1. The highest BCUT2D eigenvalue weighted by atomic mass is 32.2. The topological polar surface area (TPSA) is 84.9 Å². The lowest BCUT2D eigenvalue weighted by atomic mass is 10.1. The average molecular weight is 505 g/mol. The highest BCUT2D eigenvalue weighted by molar-refractivity contribution is 7.92. The molecule has 0 aliphatic carbocycles. The van der Waals surface area contributed by atoms with E-state index in [0.29, 0.717) is 23.8 Å². The molecule has 36 heavy (non-hydrogen) atoms. The molecule has 4 aromatic rings. The number of fused-ring (bicyclic) bond motifs is 1. The van der Waals surface area contributed by atoms with Gasteiger partial charge in [0.25, 0.3) is 10.0 Å². The van der Waals surface area contributed by atoms with Crippen LogP contribution in [0.25, 0.3) is 10.8 Å². The summed E-state index contributed by atoms with van der Waals surface area (Å²) in [5.74, 6) is 0.879. The van der Waals surface area contributed by atoms with Crippen molar-refractivity contribution in [2.24, 2.45) is 0 Å². The number of carbonyl (C=O) groups excluding carboxylic acids is 1. The molecule has 1 amide bonds. The third-order valence-corrected chi connectivity index (χ3v) is 7.26. The van der Waals surface area contributed by atoms with Crippen LogP contribution >= 0.6 is 0 Å². The quantitative estimate of drug-likeness (QED) is 0.301. The van der Waals surface area contributed by atoms with Gasteiger partial charge >= 0.3 is 0 Å². The zero-order chi connectivity index (χ0) is 25.4. The molecule has 0 bridgehead atoms. The lowest BCUT2D eigenvalue weighted by Crippen LogP contribution is -2.41. The molecule has 0 aromatic heterocycles. The van der Waals surface area contributed by atoms with Crippen LogP contribution in [0.1, 0.15) is 6.92 Å². The molecule has 0 atom stereocenters. The molecular formula is C28H28N2O5S. The molecule has 4 aromatic carbocycles. The number of carbonyl (C=O) groups is 1. The van der Waals surface area contributed by atoms with Crippen LogP contribution in [0.15, 0.2) is 102 Å². The molecule has 7 nitrogen and oxygen atoms in total. The van der Waals surface area contributed by atoms with Gasteiger partial charge in [-0.25, -0.2) is 8.42 Å².